The van der Waals surface area contributed by atoms with E-state index >= 15 is 0 Å². The summed E-state index contributed by atoms with van der Waals surface area (Å²) < 4.78 is 2.85. The van der Waals surface area contributed by atoms with Crippen LogP contribution >= 0.6 is 47.0 Å². The van der Waals surface area contributed by atoms with Crippen LogP contribution in [0, 0.1) is 0 Å². The monoisotopic (exact) mass is 388 g/mol. The summed E-state index contributed by atoms with van der Waals surface area (Å²) in [5.74, 6) is 0. The molecule has 0 spiro atoms. The molecule has 1 nitrogen and oxygen atoms in total. The van der Waals surface area contributed by atoms with E-state index in [1.807, 2.05) is 35.3 Å². The van der Waals surface area contributed by atoms with Gasteiger partial charge in [-0.05, 0) is 37.5 Å². The van der Waals surface area contributed by atoms with E-state index in [0.717, 1.165) is 4.91 Å². The van der Waals surface area contributed by atoms with Gasteiger partial charge in [0.05, 0.1) is 15.1 Å². The number of hydrogen-bond acceptors (Lipinski definition) is 5. The minimum Gasteiger partial charge on any atom is -0.391 e. The third-order valence-corrected chi connectivity index (χ3v) is 9.88. The van der Waals surface area contributed by atoms with Crippen molar-refractivity contribution < 1.29 is 5.11 Å². The van der Waals surface area contributed by atoms with Gasteiger partial charge in [-0.2, -0.15) is 0 Å². The van der Waals surface area contributed by atoms with Gasteiger partial charge in [-0.1, -0.05) is 86.6 Å². The molecule has 0 radical (unpaired) electrons. The van der Waals surface area contributed by atoms with Crippen molar-refractivity contribution in [2.75, 3.05) is 6.61 Å². The van der Waals surface area contributed by atoms with E-state index in [2.05, 4.69) is 20.8 Å². The zero-order chi connectivity index (χ0) is 16.7. The number of unbranched alkanes of at least 4 members (excludes halogenated alkanes) is 4. The lowest BCUT2D eigenvalue weighted by Crippen LogP contribution is -1.83. The van der Waals surface area contributed by atoms with Gasteiger partial charge in [0.15, 0.2) is 0 Å². The minimum atomic E-state index is 0.176. The van der Waals surface area contributed by atoms with Crippen molar-refractivity contribution in [1.29, 1.82) is 0 Å². The number of thioether (sulfide) groups is 4. The molecule has 0 aliphatic carbocycles. The summed E-state index contributed by atoms with van der Waals surface area (Å²) in [6.45, 7) is 6.85. The molecule has 0 aromatic carbocycles. The molecule has 130 valence electrons. The van der Waals surface area contributed by atoms with Crippen LogP contribution in [0.1, 0.15) is 72.1 Å². The molecule has 5 heteroatoms. The molecule has 0 atom stereocenters. The lowest BCUT2D eigenvalue weighted by atomic mass is 10.1. The molecule has 0 fully saturated rings. The summed E-state index contributed by atoms with van der Waals surface area (Å²) in [5.41, 5.74) is 0. The van der Waals surface area contributed by atoms with Crippen LogP contribution in [0.2, 0.25) is 0 Å². The van der Waals surface area contributed by atoms with E-state index in [9.17, 15) is 5.11 Å². The third kappa shape index (κ3) is 5.81. The van der Waals surface area contributed by atoms with Crippen LogP contribution in [0.4, 0.5) is 0 Å². The van der Waals surface area contributed by atoms with Crippen molar-refractivity contribution in [2.45, 2.75) is 72.1 Å². The summed E-state index contributed by atoms with van der Waals surface area (Å²) in [7, 11) is 0. The number of allylic oxidation sites excluding steroid dienone is 3. The fourth-order valence-corrected chi connectivity index (χ4v) is 8.23. The number of rotatable bonds is 9. The Labute approximate surface area is 158 Å². The van der Waals surface area contributed by atoms with Gasteiger partial charge < -0.3 is 5.11 Å². The van der Waals surface area contributed by atoms with E-state index in [0.29, 0.717) is 0 Å². The van der Waals surface area contributed by atoms with E-state index in [1.54, 1.807) is 21.6 Å². The molecule has 0 saturated carbocycles. The van der Waals surface area contributed by atoms with Gasteiger partial charge in [0, 0.05) is 14.7 Å². The Hall–Kier alpha value is 0.580. The standard InChI is InChI=1S/C18H28OS4/c1-4-6-8-10-14-15(11-9-7-5-2)22-18(21-14)17-20-13(3)16(12-19)23-17/h19H,4-12H2,1-3H3. The Morgan fingerprint density at radius 2 is 1.17 bits per heavy atom. The Kier molecular flexibility index (Phi) is 9.12. The van der Waals surface area contributed by atoms with Crippen molar-refractivity contribution in [3.63, 3.8) is 0 Å². The van der Waals surface area contributed by atoms with Crippen molar-refractivity contribution >= 4 is 47.0 Å². The second kappa shape index (κ2) is 10.5. The van der Waals surface area contributed by atoms with Crippen LogP contribution in [0.15, 0.2) is 28.1 Å². The molecule has 0 saturated heterocycles. The van der Waals surface area contributed by atoms with Gasteiger partial charge in [0.2, 0.25) is 0 Å². The molecule has 0 amide bonds. The van der Waals surface area contributed by atoms with Crippen molar-refractivity contribution in [1.82, 2.24) is 0 Å². The maximum Gasteiger partial charge on any atom is 0.0752 e. The van der Waals surface area contributed by atoms with Gasteiger partial charge in [-0.25, -0.2) is 0 Å². The average molecular weight is 389 g/mol. The summed E-state index contributed by atoms with van der Waals surface area (Å²) in [4.78, 5) is 5.65. The molecule has 2 aliphatic heterocycles. The Morgan fingerprint density at radius 3 is 1.61 bits per heavy atom. The first kappa shape index (κ1) is 19.9. The average Bonchev–Trinajstić information content (AvgIpc) is 3.11. The Bertz CT molecular complexity index is 481. The molecule has 2 rings (SSSR count). The topological polar surface area (TPSA) is 20.2 Å². The molecule has 1 N–H and O–H groups in total. The van der Waals surface area contributed by atoms with Gasteiger partial charge >= 0.3 is 0 Å². The molecule has 0 aromatic rings. The van der Waals surface area contributed by atoms with Gasteiger partial charge in [-0.15, -0.1) is 0 Å². The van der Waals surface area contributed by atoms with Gasteiger partial charge in [0.25, 0.3) is 0 Å². The van der Waals surface area contributed by atoms with Crippen LogP contribution in [-0.2, 0) is 0 Å². The summed E-state index contributed by atoms with van der Waals surface area (Å²) in [5, 5.41) is 9.45. The second-order valence-electron chi connectivity index (χ2n) is 5.88. The molecule has 23 heavy (non-hydrogen) atoms. The second-order valence-corrected chi connectivity index (χ2v) is 10.9. The highest BCUT2D eigenvalue weighted by molar-refractivity contribution is 8.34. The summed E-state index contributed by atoms with van der Waals surface area (Å²) >= 11 is 7.65. The predicted molar refractivity (Wildman–Crippen MR) is 112 cm³/mol. The maximum atomic E-state index is 9.45. The Balaban J connectivity index is 2.02. The van der Waals surface area contributed by atoms with E-state index in [1.165, 1.54) is 64.7 Å². The molecule has 0 bridgehead atoms. The normalized spacial score (nSPS) is 18.8. The third-order valence-electron chi connectivity index (χ3n) is 3.92. The summed E-state index contributed by atoms with van der Waals surface area (Å²) in [6, 6.07) is 0. The number of aliphatic hydroxyl groups excluding tert-OH is 1. The van der Waals surface area contributed by atoms with Crippen LogP contribution in [-0.4, -0.2) is 11.7 Å². The largest absolute Gasteiger partial charge is 0.391 e. The first-order valence-electron chi connectivity index (χ1n) is 8.67. The quantitative estimate of drug-likeness (QED) is 0.408. The number of aliphatic hydroxyl groups is 1. The zero-order valence-corrected chi connectivity index (χ0v) is 17.7. The molecule has 2 aliphatic rings. The first-order valence-corrected chi connectivity index (χ1v) is 11.9. The van der Waals surface area contributed by atoms with Crippen LogP contribution in [0.25, 0.3) is 0 Å². The highest BCUT2D eigenvalue weighted by Gasteiger charge is 2.27. The van der Waals surface area contributed by atoms with Gasteiger partial charge in [-0.3, -0.25) is 0 Å². The molecular formula is C18H28OS4. The highest BCUT2D eigenvalue weighted by atomic mass is 32.2. The van der Waals surface area contributed by atoms with Crippen LogP contribution in [0.3, 0.4) is 0 Å². The van der Waals surface area contributed by atoms with Crippen LogP contribution in [0.5, 0.6) is 0 Å². The SMILES string of the molecule is CCCCCC1=C(CCCCC)SC(=C2SC(C)=C(CO)S2)S1. The summed E-state index contributed by atoms with van der Waals surface area (Å²) in [6.07, 6.45) is 10.4. The van der Waals surface area contributed by atoms with Gasteiger partial charge in [0.1, 0.15) is 0 Å². The first-order chi connectivity index (χ1) is 11.2. The smallest absolute Gasteiger partial charge is 0.0752 e. The predicted octanol–water partition coefficient (Wildman–Crippen LogP) is 7.67. The maximum absolute atomic E-state index is 9.45. The fourth-order valence-electron chi connectivity index (χ4n) is 2.52. The molecular weight excluding hydrogens is 360 g/mol. The highest BCUT2D eigenvalue weighted by Crippen LogP contribution is 2.61. The van der Waals surface area contributed by atoms with Crippen molar-refractivity contribution in [3.05, 3.63) is 28.1 Å². The minimum absolute atomic E-state index is 0.176. The Morgan fingerprint density at radius 1 is 0.696 bits per heavy atom. The van der Waals surface area contributed by atoms with Crippen molar-refractivity contribution in [3.8, 4) is 0 Å². The van der Waals surface area contributed by atoms with Crippen molar-refractivity contribution in [2.24, 2.45) is 0 Å². The molecule has 0 aromatic heterocycles. The molecule has 2 heterocycles. The lowest BCUT2D eigenvalue weighted by Gasteiger charge is -2.04. The van der Waals surface area contributed by atoms with Crippen LogP contribution < -0.4 is 0 Å². The molecule has 0 unspecified atom stereocenters. The number of hydrogen-bond donors (Lipinski definition) is 1. The van der Waals surface area contributed by atoms with E-state index in [4.69, 9.17) is 0 Å². The van der Waals surface area contributed by atoms with E-state index < -0.39 is 0 Å². The lowest BCUT2D eigenvalue weighted by molar-refractivity contribution is 0.339. The van der Waals surface area contributed by atoms with E-state index in [-0.39, 0.29) is 6.61 Å². The fraction of sp³-hybridized carbons (Fsp3) is 0.667. The zero-order valence-electron chi connectivity index (χ0n) is 14.4.